The molecule has 0 aromatic heterocycles. The van der Waals surface area contributed by atoms with E-state index in [4.69, 9.17) is 0 Å². The van der Waals surface area contributed by atoms with Gasteiger partial charge in [0, 0.05) is 18.7 Å². The zero-order valence-corrected chi connectivity index (χ0v) is 11.5. The molecule has 0 saturated carbocycles. The fraction of sp³-hybridized carbons (Fsp3) is 0.455. The number of nitrogens with zero attached hydrogens (tertiary/aromatic N) is 1. The molecule has 0 aliphatic heterocycles. The fourth-order valence-electron chi connectivity index (χ4n) is 1.19. The van der Waals surface area contributed by atoms with E-state index in [1.165, 1.54) is 6.07 Å². The van der Waals surface area contributed by atoms with Crippen LogP contribution in [0.1, 0.15) is 20.8 Å². The van der Waals surface area contributed by atoms with Gasteiger partial charge in [-0.05, 0) is 21.3 Å². The molecule has 0 bridgehead atoms. The van der Waals surface area contributed by atoms with Crippen molar-refractivity contribution in [2.45, 2.75) is 20.8 Å². The van der Waals surface area contributed by atoms with Crippen LogP contribution in [0.5, 0.6) is 0 Å². The average Bonchev–Trinajstić information content (AvgIpc) is 2.17. The number of hydrogen-bond acceptors (Lipinski definition) is 3. The lowest BCUT2D eigenvalue weighted by Gasteiger charge is -2.19. The van der Waals surface area contributed by atoms with Crippen molar-refractivity contribution in [1.82, 2.24) is 0 Å². The first-order valence-corrected chi connectivity index (χ1v) is 5.87. The van der Waals surface area contributed by atoms with E-state index in [1.807, 2.05) is 20.8 Å². The summed E-state index contributed by atoms with van der Waals surface area (Å²) >= 11 is 2.93. The second-order valence-electron chi connectivity index (χ2n) is 4.95. The second kappa shape index (κ2) is 5.00. The SMILES string of the molecule is CC(C)(C)CNc1cc(F)c(Br)cc1[N+](=O)[O-]. The first kappa shape index (κ1) is 13.9. The van der Waals surface area contributed by atoms with Crippen molar-refractivity contribution in [3.05, 3.63) is 32.5 Å². The molecule has 0 aliphatic rings. The van der Waals surface area contributed by atoms with Crippen LogP contribution in [0.25, 0.3) is 0 Å². The molecule has 1 aromatic carbocycles. The molecular weight excluding hydrogens is 291 g/mol. The van der Waals surface area contributed by atoms with Gasteiger partial charge in [-0.1, -0.05) is 20.8 Å². The van der Waals surface area contributed by atoms with Gasteiger partial charge in [-0.15, -0.1) is 0 Å². The zero-order chi connectivity index (χ0) is 13.2. The standard InChI is InChI=1S/C11H14BrFN2O2/c1-11(2,3)6-14-9-5-8(13)7(12)4-10(9)15(16)17/h4-5,14H,6H2,1-3H3. The third-order valence-corrected chi connectivity index (χ3v) is 2.65. The van der Waals surface area contributed by atoms with E-state index in [0.29, 0.717) is 6.54 Å². The summed E-state index contributed by atoms with van der Waals surface area (Å²) in [6.45, 7) is 6.48. The highest BCUT2D eigenvalue weighted by molar-refractivity contribution is 9.10. The van der Waals surface area contributed by atoms with E-state index in [9.17, 15) is 14.5 Å². The molecule has 0 radical (unpaired) electrons. The van der Waals surface area contributed by atoms with Gasteiger partial charge in [0.2, 0.25) is 0 Å². The molecule has 0 unspecified atom stereocenters. The van der Waals surface area contributed by atoms with E-state index >= 15 is 0 Å². The highest BCUT2D eigenvalue weighted by Gasteiger charge is 2.19. The van der Waals surface area contributed by atoms with E-state index < -0.39 is 10.7 Å². The summed E-state index contributed by atoms with van der Waals surface area (Å²) in [6.07, 6.45) is 0. The van der Waals surface area contributed by atoms with Gasteiger partial charge in [0.15, 0.2) is 0 Å². The number of anilines is 1. The van der Waals surface area contributed by atoms with E-state index in [0.717, 1.165) is 6.07 Å². The topological polar surface area (TPSA) is 55.2 Å². The lowest BCUT2D eigenvalue weighted by molar-refractivity contribution is -0.384. The Morgan fingerprint density at radius 3 is 2.53 bits per heavy atom. The maximum atomic E-state index is 13.3. The average molecular weight is 305 g/mol. The van der Waals surface area contributed by atoms with Gasteiger partial charge in [-0.3, -0.25) is 10.1 Å². The summed E-state index contributed by atoms with van der Waals surface area (Å²) in [5, 5.41) is 13.7. The number of benzene rings is 1. The first-order chi connectivity index (χ1) is 7.70. The summed E-state index contributed by atoms with van der Waals surface area (Å²) in [6, 6.07) is 2.30. The highest BCUT2D eigenvalue weighted by atomic mass is 79.9. The third kappa shape index (κ3) is 3.96. The van der Waals surface area contributed by atoms with Crippen molar-refractivity contribution in [1.29, 1.82) is 0 Å². The molecule has 0 heterocycles. The Balaban J connectivity index is 3.05. The molecule has 0 amide bonds. The summed E-state index contributed by atoms with van der Waals surface area (Å²) in [5.74, 6) is -0.521. The maximum Gasteiger partial charge on any atom is 0.293 e. The number of nitrogens with one attached hydrogen (secondary N) is 1. The van der Waals surface area contributed by atoms with Crippen LogP contribution in [0.3, 0.4) is 0 Å². The van der Waals surface area contributed by atoms with E-state index in [2.05, 4.69) is 21.2 Å². The molecule has 17 heavy (non-hydrogen) atoms. The molecule has 94 valence electrons. The van der Waals surface area contributed by atoms with Gasteiger partial charge in [0.05, 0.1) is 9.40 Å². The first-order valence-electron chi connectivity index (χ1n) is 5.08. The minimum absolute atomic E-state index is 0.0442. The lowest BCUT2D eigenvalue weighted by Crippen LogP contribution is -2.19. The van der Waals surface area contributed by atoms with Crippen molar-refractivity contribution < 1.29 is 9.31 Å². The van der Waals surface area contributed by atoms with Crippen LogP contribution in [-0.4, -0.2) is 11.5 Å². The van der Waals surface area contributed by atoms with Crippen molar-refractivity contribution in [3.63, 3.8) is 0 Å². The highest BCUT2D eigenvalue weighted by Crippen LogP contribution is 2.31. The molecule has 1 N–H and O–H groups in total. The van der Waals surface area contributed by atoms with E-state index in [-0.39, 0.29) is 21.3 Å². The monoisotopic (exact) mass is 304 g/mol. The number of nitro groups is 1. The molecule has 0 spiro atoms. The summed E-state index contributed by atoms with van der Waals surface area (Å²) in [4.78, 5) is 10.3. The van der Waals surface area contributed by atoms with Crippen LogP contribution in [0.4, 0.5) is 15.8 Å². The number of hydrogen-bond donors (Lipinski definition) is 1. The summed E-state index contributed by atoms with van der Waals surface area (Å²) < 4.78 is 13.4. The van der Waals surface area contributed by atoms with Gasteiger partial charge < -0.3 is 5.32 Å². The largest absolute Gasteiger partial charge is 0.379 e. The number of nitro benzene ring substituents is 1. The quantitative estimate of drug-likeness (QED) is 0.679. The van der Waals surface area contributed by atoms with Crippen LogP contribution >= 0.6 is 15.9 Å². The van der Waals surface area contributed by atoms with Crippen LogP contribution < -0.4 is 5.32 Å². The zero-order valence-electron chi connectivity index (χ0n) is 9.88. The minimum Gasteiger partial charge on any atom is -0.379 e. The number of halogens is 2. The molecule has 1 rings (SSSR count). The number of rotatable bonds is 3. The van der Waals surface area contributed by atoms with Gasteiger partial charge in [-0.25, -0.2) is 4.39 Å². The molecular formula is C11H14BrFN2O2. The summed E-state index contributed by atoms with van der Waals surface area (Å²) in [5.41, 5.74) is 0.0189. The van der Waals surface area contributed by atoms with Gasteiger partial charge in [0.25, 0.3) is 5.69 Å². The Morgan fingerprint density at radius 2 is 2.06 bits per heavy atom. The van der Waals surface area contributed by atoms with Gasteiger partial charge in [-0.2, -0.15) is 0 Å². The predicted molar refractivity (Wildman–Crippen MR) is 68.7 cm³/mol. The Labute approximate surface area is 107 Å². The molecule has 4 nitrogen and oxygen atoms in total. The maximum absolute atomic E-state index is 13.3. The third-order valence-electron chi connectivity index (χ3n) is 2.04. The Kier molecular flexibility index (Phi) is 4.08. The van der Waals surface area contributed by atoms with Crippen molar-refractivity contribution in [2.75, 3.05) is 11.9 Å². The minimum atomic E-state index is -0.533. The summed E-state index contributed by atoms with van der Waals surface area (Å²) in [7, 11) is 0. The fourth-order valence-corrected chi connectivity index (χ4v) is 1.52. The van der Waals surface area contributed by atoms with Crippen molar-refractivity contribution >= 4 is 27.3 Å². The Bertz CT molecular complexity index is 444. The molecule has 0 fully saturated rings. The lowest BCUT2D eigenvalue weighted by atomic mass is 9.97. The molecule has 0 aliphatic carbocycles. The van der Waals surface area contributed by atoms with E-state index in [1.54, 1.807) is 0 Å². The van der Waals surface area contributed by atoms with Crippen molar-refractivity contribution in [2.24, 2.45) is 5.41 Å². The van der Waals surface area contributed by atoms with Crippen LogP contribution in [0.2, 0.25) is 0 Å². The van der Waals surface area contributed by atoms with Crippen molar-refractivity contribution in [3.8, 4) is 0 Å². The second-order valence-corrected chi connectivity index (χ2v) is 5.81. The molecule has 0 atom stereocenters. The molecule has 6 heteroatoms. The normalized spacial score (nSPS) is 11.4. The molecule has 0 saturated heterocycles. The Morgan fingerprint density at radius 1 is 1.47 bits per heavy atom. The molecule has 1 aromatic rings. The van der Waals surface area contributed by atoms with Crippen LogP contribution in [-0.2, 0) is 0 Å². The predicted octanol–water partition coefficient (Wildman–Crippen LogP) is 3.95. The Hall–Kier alpha value is -1.17. The smallest absolute Gasteiger partial charge is 0.293 e. The van der Waals surface area contributed by atoms with Gasteiger partial charge >= 0.3 is 0 Å². The van der Waals surface area contributed by atoms with Crippen LogP contribution in [0, 0.1) is 21.3 Å². The van der Waals surface area contributed by atoms with Gasteiger partial charge in [0.1, 0.15) is 11.5 Å². The van der Waals surface area contributed by atoms with Crippen LogP contribution in [0.15, 0.2) is 16.6 Å².